The van der Waals surface area contributed by atoms with E-state index in [4.69, 9.17) is 4.74 Å². The predicted molar refractivity (Wildman–Crippen MR) is 91.3 cm³/mol. The lowest BCUT2D eigenvalue weighted by atomic mass is 9.46. The van der Waals surface area contributed by atoms with Crippen LogP contribution in [0.25, 0.3) is 0 Å². The van der Waals surface area contributed by atoms with Gasteiger partial charge in [0.05, 0.1) is 5.41 Å². The van der Waals surface area contributed by atoms with E-state index in [9.17, 15) is 14.7 Å². The van der Waals surface area contributed by atoms with Crippen LogP contribution >= 0.6 is 0 Å². The van der Waals surface area contributed by atoms with Gasteiger partial charge in [-0.2, -0.15) is 0 Å². The highest BCUT2D eigenvalue weighted by Gasteiger charge is 2.57. The third-order valence-electron chi connectivity index (χ3n) is 7.02. The van der Waals surface area contributed by atoms with Crippen LogP contribution in [0.5, 0.6) is 0 Å². The minimum absolute atomic E-state index is 0.0379. The van der Waals surface area contributed by atoms with E-state index in [0.29, 0.717) is 13.0 Å². The second kappa shape index (κ2) is 6.05. The highest BCUT2D eigenvalue weighted by Crippen LogP contribution is 2.62. The number of carboxylic acids is 1. The summed E-state index contributed by atoms with van der Waals surface area (Å²) in [5.74, 6) is -0.398. The monoisotopic (exact) mass is 332 g/mol. The van der Waals surface area contributed by atoms with Crippen molar-refractivity contribution in [2.45, 2.75) is 58.8 Å². The number of esters is 1. The zero-order valence-corrected chi connectivity index (χ0v) is 14.8. The number of allylic oxidation sites excluding steroid dienone is 1. The quantitative estimate of drug-likeness (QED) is 0.621. The number of hydrogen-bond acceptors (Lipinski definition) is 3. The van der Waals surface area contributed by atoms with Gasteiger partial charge in [0.1, 0.15) is 6.61 Å². The van der Waals surface area contributed by atoms with Gasteiger partial charge in [0, 0.05) is 5.57 Å². The van der Waals surface area contributed by atoms with Crippen LogP contribution in [-0.4, -0.2) is 23.7 Å². The van der Waals surface area contributed by atoms with E-state index in [0.717, 1.165) is 44.1 Å². The molecule has 4 heteroatoms. The summed E-state index contributed by atoms with van der Waals surface area (Å²) in [4.78, 5) is 23.7. The van der Waals surface area contributed by atoms with Crippen molar-refractivity contribution < 1.29 is 19.4 Å². The van der Waals surface area contributed by atoms with E-state index in [1.165, 1.54) is 5.57 Å². The van der Waals surface area contributed by atoms with Gasteiger partial charge in [0.2, 0.25) is 0 Å². The van der Waals surface area contributed by atoms with Gasteiger partial charge in [-0.1, -0.05) is 25.5 Å². The van der Waals surface area contributed by atoms with Crippen LogP contribution in [0, 0.1) is 22.7 Å². The SMILES string of the molecule is C=C1CC[C@@H]2[C@](C)(CCC[C@]2(C)C(=O)O)[C@H]1CCC1=CCOC1=O. The van der Waals surface area contributed by atoms with Crippen molar-refractivity contribution in [2.24, 2.45) is 22.7 Å². The second-order valence-electron chi connectivity index (χ2n) is 8.25. The fraction of sp³-hybridized carbons (Fsp3) is 0.700. The number of aliphatic carboxylic acids is 1. The van der Waals surface area contributed by atoms with Gasteiger partial charge in [0.15, 0.2) is 0 Å². The maximum absolute atomic E-state index is 12.0. The van der Waals surface area contributed by atoms with Gasteiger partial charge >= 0.3 is 11.9 Å². The molecule has 3 aliphatic rings. The van der Waals surface area contributed by atoms with Crippen molar-refractivity contribution in [1.82, 2.24) is 0 Å². The van der Waals surface area contributed by atoms with Crippen LogP contribution < -0.4 is 0 Å². The number of cyclic esters (lactones) is 1. The lowest BCUT2D eigenvalue weighted by molar-refractivity contribution is -0.164. The number of ether oxygens (including phenoxy) is 1. The first-order valence-electron chi connectivity index (χ1n) is 9.06. The van der Waals surface area contributed by atoms with Crippen molar-refractivity contribution >= 4 is 11.9 Å². The molecule has 132 valence electrons. The third-order valence-corrected chi connectivity index (χ3v) is 7.02. The summed E-state index contributed by atoms with van der Waals surface area (Å²) in [5.41, 5.74) is 1.32. The Kier molecular flexibility index (Phi) is 4.35. The molecular weight excluding hydrogens is 304 g/mol. The van der Waals surface area contributed by atoms with Gasteiger partial charge in [-0.05, 0) is 68.8 Å². The minimum Gasteiger partial charge on any atom is -0.481 e. The Morgan fingerprint density at radius 2 is 2.17 bits per heavy atom. The summed E-state index contributed by atoms with van der Waals surface area (Å²) in [6.07, 6.45) is 8.01. The molecule has 0 amide bonds. The first-order valence-corrected chi connectivity index (χ1v) is 9.06. The molecule has 0 unspecified atom stereocenters. The molecule has 2 aliphatic carbocycles. The van der Waals surface area contributed by atoms with Crippen LogP contribution in [0.1, 0.15) is 58.8 Å². The number of hydrogen-bond donors (Lipinski definition) is 1. The molecule has 2 fully saturated rings. The molecule has 0 spiro atoms. The molecule has 1 aliphatic heterocycles. The van der Waals surface area contributed by atoms with Crippen molar-refractivity contribution in [2.75, 3.05) is 6.61 Å². The second-order valence-corrected chi connectivity index (χ2v) is 8.25. The Morgan fingerprint density at radius 1 is 1.42 bits per heavy atom. The minimum atomic E-state index is -0.660. The highest BCUT2D eigenvalue weighted by atomic mass is 16.5. The lowest BCUT2D eigenvalue weighted by Gasteiger charge is -2.57. The van der Waals surface area contributed by atoms with Crippen molar-refractivity contribution in [3.8, 4) is 0 Å². The smallest absolute Gasteiger partial charge is 0.334 e. The Balaban J connectivity index is 1.83. The number of rotatable bonds is 4. The van der Waals surface area contributed by atoms with Crippen LogP contribution in [0.4, 0.5) is 0 Å². The van der Waals surface area contributed by atoms with Crippen LogP contribution in [0.15, 0.2) is 23.8 Å². The van der Waals surface area contributed by atoms with E-state index in [1.807, 2.05) is 13.0 Å². The molecule has 0 aromatic heterocycles. The number of carbonyl (C=O) groups is 2. The largest absolute Gasteiger partial charge is 0.481 e. The van der Waals surface area contributed by atoms with Gasteiger partial charge in [-0.3, -0.25) is 4.79 Å². The van der Waals surface area contributed by atoms with Gasteiger partial charge in [-0.25, -0.2) is 4.79 Å². The summed E-state index contributed by atoms with van der Waals surface area (Å²) in [6.45, 7) is 8.88. The fourth-order valence-corrected chi connectivity index (χ4v) is 5.64. The zero-order valence-electron chi connectivity index (χ0n) is 14.8. The average molecular weight is 332 g/mol. The van der Waals surface area contributed by atoms with Gasteiger partial charge in [-0.15, -0.1) is 0 Å². The van der Waals surface area contributed by atoms with E-state index in [1.54, 1.807) is 0 Å². The van der Waals surface area contributed by atoms with E-state index in [2.05, 4.69) is 13.5 Å². The molecule has 3 rings (SSSR count). The molecule has 0 saturated heterocycles. The topological polar surface area (TPSA) is 63.6 Å². The first kappa shape index (κ1) is 17.2. The molecule has 24 heavy (non-hydrogen) atoms. The molecule has 0 aromatic rings. The first-order chi connectivity index (χ1) is 11.3. The molecule has 0 aromatic carbocycles. The maximum atomic E-state index is 12.0. The summed E-state index contributed by atoms with van der Waals surface area (Å²) < 4.78 is 5.00. The summed E-state index contributed by atoms with van der Waals surface area (Å²) >= 11 is 0. The zero-order chi connectivity index (χ0) is 17.5. The Labute approximate surface area is 144 Å². The molecular formula is C20H28O4. The normalized spacial score (nSPS) is 39.2. The molecule has 2 saturated carbocycles. The van der Waals surface area contributed by atoms with Crippen molar-refractivity contribution in [1.29, 1.82) is 0 Å². The number of carboxylic acid groups (broad SMARTS) is 1. The Morgan fingerprint density at radius 3 is 2.79 bits per heavy atom. The fourth-order valence-electron chi connectivity index (χ4n) is 5.64. The van der Waals surface area contributed by atoms with E-state index >= 15 is 0 Å². The van der Waals surface area contributed by atoms with E-state index in [-0.39, 0.29) is 23.2 Å². The van der Waals surface area contributed by atoms with Crippen LogP contribution in [0.2, 0.25) is 0 Å². The van der Waals surface area contributed by atoms with E-state index < -0.39 is 11.4 Å². The van der Waals surface area contributed by atoms with Crippen molar-refractivity contribution in [3.63, 3.8) is 0 Å². The summed E-state index contributed by atoms with van der Waals surface area (Å²) in [5, 5.41) is 9.85. The molecule has 0 radical (unpaired) electrons. The molecule has 4 atom stereocenters. The molecule has 0 bridgehead atoms. The van der Waals surface area contributed by atoms with Gasteiger partial charge in [0.25, 0.3) is 0 Å². The summed E-state index contributed by atoms with van der Waals surface area (Å²) in [6, 6.07) is 0. The van der Waals surface area contributed by atoms with Gasteiger partial charge < -0.3 is 9.84 Å². The number of carbonyl (C=O) groups excluding carboxylic acids is 1. The van der Waals surface area contributed by atoms with Crippen LogP contribution in [0.3, 0.4) is 0 Å². The molecule has 1 N–H and O–H groups in total. The Bertz CT molecular complexity index is 605. The summed E-state index contributed by atoms with van der Waals surface area (Å²) in [7, 11) is 0. The maximum Gasteiger partial charge on any atom is 0.334 e. The predicted octanol–water partition coefficient (Wildman–Crippen LogP) is 4.11. The van der Waals surface area contributed by atoms with Crippen molar-refractivity contribution in [3.05, 3.63) is 23.8 Å². The standard InChI is InChI=1S/C20H28O4/c1-13-5-8-16-19(2,10-4-11-20(16,3)18(22)23)15(13)7-6-14-9-12-24-17(14)21/h9,15-16H,1,4-8,10-12H2,2-3H3,(H,22,23)/t15-,16+,19+,20-/m0/s1. The lowest BCUT2D eigenvalue weighted by Crippen LogP contribution is -2.53. The average Bonchev–Trinajstić information content (AvgIpc) is 2.91. The third kappa shape index (κ3) is 2.60. The number of fused-ring (bicyclic) bond motifs is 1. The van der Waals surface area contributed by atoms with Crippen LogP contribution in [-0.2, 0) is 14.3 Å². The Hall–Kier alpha value is -1.58. The molecule has 4 nitrogen and oxygen atoms in total. The highest BCUT2D eigenvalue weighted by molar-refractivity contribution is 5.90. The molecule has 1 heterocycles.